The predicted octanol–water partition coefficient (Wildman–Crippen LogP) is 8.27. The lowest BCUT2D eigenvalue weighted by atomic mass is 10.0. The Balaban J connectivity index is 1.68. The monoisotopic (exact) mass is 550 g/mol. The van der Waals surface area contributed by atoms with Crippen LogP contribution in [0.1, 0.15) is 11.1 Å². The van der Waals surface area contributed by atoms with Crippen LogP contribution in [0.15, 0.2) is 131 Å². The van der Waals surface area contributed by atoms with E-state index in [1.165, 1.54) is 0 Å². The second-order valence-corrected chi connectivity index (χ2v) is 9.96. The van der Waals surface area contributed by atoms with Gasteiger partial charge < -0.3 is 0 Å². The van der Waals surface area contributed by atoms with Crippen molar-refractivity contribution < 1.29 is 0 Å². The summed E-state index contributed by atoms with van der Waals surface area (Å²) in [6, 6.07) is 39.3. The smallest absolute Gasteiger partial charge is 0.121 e. The molecule has 35 heavy (non-hydrogen) atoms. The van der Waals surface area contributed by atoms with Crippen molar-refractivity contribution in [2.45, 2.75) is 0 Å². The van der Waals surface area contributed by atoms with E-state index in [0.29, 0.717) is 0 Å². The first-order chi connectivity index (χ1) is 17.1. The van der Waals surface area contributed by atoms with E-state index in [-0.39, 0.29) is 0 Å². The molecule has 0 amide bonds. The van der Waals surface area contributed by atoms with Gasteiger partial charge in [-0.2, -0.15) is 0 Å². The van der Waals surface area contributed by atoms with Gasteiger partial charge in [-0.05, 0) is 47.5 Å². The van der Waals surface area contributed by atoms with E-state index < -0.39 is 0 Å². The number of fused-ring (bicyclic) bond motifs is 1. The second kappa shape index (κ2) is 9.00. The van der Waals surface area contributed by atoms with Crippen molar-refractivity contribution in [3.63, 3.8) is 0 Å². The molecular weight excluding hydrogens is 532 g/mol. The molecule has 2 nitrogen and oxygen atoms in total. The fourth-order valence-electron chi connectivity index (χ4n) is 4.70. The van der Waals surface area contributed by atoms with E-state index in [9.17, 15) is 0 Å². The quantitative estimate of drug-likeness (QED) is 0.236. The van der Waals surface area contributed by atoms with Crippen LogP contribution in [0.2, 0.25) is 0 Å². The molecule has 2 aliphatic rings. The van der Waals surface area contributed by atoms with Crippen molar-refractivity contribution in [2.24, 2.45) is 0 Å². The summed E-state index contributed by atoms with van der Waals surface area (Å²) in [6.45, 7) is 0. The van der Waals surface area contributed by atoms with E-state index in [2.05, 4.69) is 98.5 Å². The molecule has 168 valence electrons. The lowest BCUT2D eigenvalue weighted by Gasteiger charge is -2.28. The van der Waals surface area contributed by atoms with Crippen LogP contribution in [0.5, 0.6) is 0 Å². The van der Waals surface area contributed by atoms with E-state index >= 15 is 0 Å². The summed E-state index contributed by atoms with van der Waals surface area (Å²) in [5, 5.41) is 0. The Morgan fingerprint density at radius 2 is 0.829 bits per heavy atom. The second-order valence-electron chi connectivity index (χ2n) is 8.27. The lowest BCUT2D eigenvalue weighted by molar-refractivity contribution is 1.37. The average Bonchev–Trinajstić information content (AvgIpc) is 3.38. The number of benzene rings is 4. The first-order valence-corrected chi connectivity index (χ1v) is 12.9. The molecule has 0 saturated carbocycles. The lowest BCUT2D eigenvalue weighted by Crippen LogP contribution is -2.28. The summed E-state index contributed by atoms with van der Waals surface area (Å²) in [5.41, 5.74) is 8.22. The van der Waals surface area contributed by atoms with Gasteiger partial charge in [-0.1, -0.05) is 119 Å². The highest BCUT2D eigenvalue weighted by Crippen LogP contribution is 2.50. The van der Waals surface area contributed by atoms with Gasteiger partial charge in [0.2, 0.25) is 0 Å². The van der Waals surface area contributed by atoms with Gasteiger partial charge in [-0.25, -0.2) is 0 Å². The minimum absolute atomic E-state index is 0.753. The summed E-state index contributed by atoms with van der Waals surface area (Å²) in [4.78, 5) is 5.84. The first-order valence-electron chi connectivity index (χ1n) is 11.2. The molecule has 6 rings (SSSR count). The summed E-state index contributed by atoms with van der Waals surface area (Å²) in [5.74, 6) is 0. The number of hydrogen-bond acceptors (Lipinski definition) is 2. The summed E-state index contributed by atoms with van der Waals surface area (Å²) in [6.07, 6.45) is 0. The molecule has 0 fully saturated rings. The van der Waals surface area contributed by atoms with Crippen molar-refractivity contribution in [3.05, 3.63) is 142 Å². The zero-order valence-corrected chi connectivity index (χ0v) is 21.8. The molecule has 4 aromatic carbocycles. The molecule has 0 aliphatic carbocycles. The Labute approximate surface area is 224 Å². The number of rotatable bonds is 4. The molecule has 0 atom stereocenters. The molecule has 0 N–H and O–H groups in total. The first kappa shape index (κ1) is 22.1. The van der Waals surface area contributed by atoms with E-state index in [1.54, 1.807) is 0 Å². The minimum Gasteiger partial charge on any atom is -0.299 e. The summed E-state index contributed by atoms with van der Waals surface area (Å²) >= 11 is 16.0. The molecule has 0 bridgehead atoms. The van der Waals surface area contributed by atoms with E-state index in [4.69, 9.17) is 24.4 Å². The van der Waals surface area contributed by atoms with Crippen LogP contribution in [-0.4, -0.2) is 9.98 Å². The normalized spacial score (nSPS) is 15.3. The molecule has 2 heterocycles. The van der Waals surface area contributed by atoms with Crippen LogP contribution >= 0.6 is 40.4 Å². The number of anilines is 2. The van der Waals surface area contributed by atoms with Crippen molar-refractivity contribution >= 4 is 73.1 Å². The molecule has 0 unspecified atom stereocenters. The number of para-hydroxylation sites is 2. The van der Waals surface area contributed by atoms with Crippen LogP contribution < -0.4 is 9.80 Å². The topological polar surface area (TPSA) is 6.48 Å². The minimum atomic E-state index is 0.753. The Morgan fingerprint density at radius 3 is 1.26 bits per heavy atom. The maximum atomic E-state index is 6.23. The predicted molar refractivity (Wildman–Crippen MR) is 157 cm³/mol. The highest BCUT2D eigenvalue weighted by molar-refractivity contribution is 9.10. The van der Waals surface area contributed by atoms with Crippen molar-refractivity contribution in [1.29, 1.82) is 0 Å². The van der Waals surface area contributed by atoms with Gasteiger partial charge in [0, 0.05) is 27.0 Å². The number of halogens is 1. The van der Waals surface area contributed by atoms with Gasteiger partial charge in [-0.3, -0.25) is 9.80 Å². The van der Waals surface area contributed by atoms with Gasteiger partial charge in [0.15, 0.2) is 0 Å². The van der Waals surface area contributed by atoms with Crippen molar-refractivity contribution in [3.8, 4) is 0 Å². The zero-order chi connectivity index (χ0) is 23.9. The Bertz CT molecular complexity index is 1510. The molecule has 5 heteroatoms. The third-order valence-electron chi connectivity index (χ3n) is 6.20. The molecule has 2 aliphatic heterocycles. The number of thiocarbonyl (C=S) groups is 2. The van der Waals surface area contributed by atoms with Crippen LogP contribution in [0, 0.1) is 0 Å². The van der Waals surface area contributed by atoms with Crippen LogP contribution in [0.25, 0.3) is 11.4 Å². The molecule has 0 saturated heterocycles. The number of nitrogens with zero attached hydrogens (tertiary/aromatic N) is 2. The van der Waals surface area contributed by atoms with Gasteiger partial charge in [0.1, 0.15) is 9.98 Å². The van der Waals surface area contributed by atoms with Crippen LogP contribution in [0.4, 0.5) is 11.4 Å². The molecule has 0 radical (unpaired) electrons. The van der Waals surface area contributed by atoms with Gasteiger partial charge in [0.25, 0.3) is 0 Å². The molecule has 0 spiro atoms. The fourth-order valence-corrected chi connectivity index (χ4v) is 5.76. The van der Waals surface area contributed by atoms with Crippen LogP contribution in [-0.2, 0) is 0 Å². The fraction of sp³-hybridized carbons (Fsp3) is 0. The highest BCUT2D eigenvalue weighted by atomic mass is 79.9. The number of hydrogen-bond donors (Lipinski definition) is 0. The van der Waals surface area contributed by atoms with Gasteiger partial charge >= 0.3 is 0 Å². The average molecular weight is 552 g/mol. The molecule has 0 aromatic heterocycles. The SMILES string of the molecule is S=C1C2=C(c3ccc(Br)cc3)N(c3ccccc3)C(=S)C2=C(c2ccccc2)N1c1ccccc1. The Kier molecular flexibility index (Phi) is 5.69. The molecular formula is C30H19BrN2S2. The standard InChI is InChI=1S/C30H19BrN2S2/c31-22-18-16-21(17-19-22)28-26-25(29(34)33(28)24-14-8-3-9-15-24)27(20-10-4-1-5-11-20)32(30(26)35)23-12-6-2-7-13-23/h1-19H. The van der Waals surface area contributed by atoms with Crippen molar-refractivity contribution in [2.75, 3.05) is 9.80 Å². The maximum Gasteiger partial charge on any atom is 0.121 e. The summed E-state index contributed by atoms with van der Waals surface area (Å²) in [7, 11) is 0. The van der Waals surface area contributed by atoms with E-state index in [0.717, 1.165) is 59.5 Å². The maximum absolute atomic E-state index is 6.23. The highest BCUT2D eigenvalue weighted by Gasteiger charge is 2.45. The van der Waals surface area contributed by atoms with Gasteiger partial charge in [-0.15, -0.1) is 0 Å². The Morgan fingerprint density at radius 1 is 0.457 bits per heavy atom. The largest absolute Gasteiger partial charge is 0.299 e. The van der Waals surface area contributed by atoms with E-state index in [1.807, 2.05) is 42.5 Å². The van der Waals surface area contributed by atoms with Crippen molar-refractivity contribution in [1.82, 2.24) is 0 Å². The van der Waals surface area contributed by atoms with Gasteiger partial charge in [0.05, 0.1) is 11.4 Å². The molecule has 4 aromatic rings. The third-order valence-corrected chi connectivity index (χ3v) is 7.50. The summed E-state index contributed by atoms with van der Waals surface area (Å²) < 4.78 is 1.03. The Hall–Kier alpha value is -3.38. The zero-order valence-electron chi connectivity index (χ0n) is 18.6. The third kappa shape index (κ3) is 3.67. The van der Waals surface area contributed by atoms with Crippen LogP contribution in [0.3, 0.4) is 0 Å².